The highest BCUT2D eigenvalue weighted by Gasteiger charge is 2.62. The van der Waals surface area contributed by atoms with Crippen LogP contribution in [0.1, 0.15) is 72.1 Å². The molecule has 0 aromatic carbocycles. The number of amides is 1. The lowest BCUT2D eigenvalue weighted by atomic mass is 9.54. The minimum atomic E-state index is -0.779. The summed E-state index contributed by atoms with van der Waals surface area (Å²) in [6, 6.07) is 0. The second-order valence-electron chi connectivity index (χ2n) is 7.74. The van der Waals surface area contributed by atoms with E-state index in [0.717, 1.165) is 18.9 Å². The summed E-state index contributed by atoms with van der Waals surface area (Å²) in [5, 5.41) is 3.05. The molecule has 2 atom stereocenters. The normalized spacial score (nSPS) is 31.0. The van der Waals surface area contributed by atoms with Crippen LogP contribution in [-0.4, -0.2) is 30.7 Å². The first-order valence-corrected chi connectivity index (χ1v) is 9.10. The number of ether oxygens (including phenoxy) is 1. The highest BCUT2D eigenvalue weighted by atomic mass is 16.5. The van der Waals surface area contributed by atoms with E-state index >= 15 is 0 Å². The first-order chi connectivity index (χ1) is 10.4. The van der Waals surface area contributed by atoms with Gasteiger partial charge < -0.3 is 15.8 Å². The van der Waals surface area contributed by atoms with Gasteiger partial charge in [-0.05, 0) is 19.3 Å². The van der Waals surface area contributed by atoms with Gasteiger partial charge in [0, 0.05) is 25.0 Å². The summed E-state index contributed by atoms with van der Waals surface area (Å²) in [5.41, 5.74) is 5.29. The highest BCUT2D eigenvalue weighted by Crippen LogP contribution is 2.49. The molecular formula is C18H34N2O2. The number of unbranched alkanes of at least 4 members (excludes halogenated alkanes) is 1. The summed E-state index contributed by atoms with van der Waals surface area (Å²) in [5.74, 6) is 0.934. The number of carbonyl (C=O) groups excluding carboxylic acids is 1. The third-order valence-electron chi connectivity index (χ3n) is 6.03. The summed E-state index contributed by atoms with van der Waals surface area (Å²) < 4.78 is 5.68. The van der Waals surface area contributed by atoms with Crippen LogP contribution in [0.15, 0.2) is 0 Å². The molecule has 0 spiro atoms. The molecule has 0 aliphatic heterocycles. The Balaban J connectivity index is 1.66. The van der Waals surface area contributed by atoms with E-state index in [2.05, 4.69) is 5.32 Å². The molecule has 0 radical (unpaired) electrons. The van der Waals surface area contributed by atoms with Gasteiger partial charge in [-0.3, -0.25) is 4.79 Å². The van der Waals surface area contributed by atoms with E-state index in [1.165, 1.54) is 38.5 Å². The topological polar surface area (TPSA) is 64.3 Å². The minimum absolute atomic E-state index is 0.00526. The second kappa shape index (κ2) is 7.31. The average Bonchev–Trinajstić information content (AvgIpc) is 2.99. The molecule has 0 saturated heterocycles. The van der Waals surface area contributed by atoms with Crippen molar-refractivity contribution in [3.05, 3.63) is 0 Å². The summed E-state index contributed by atoms with van der Waals surface area (Å²) in [4.78, 5) is 12.4. The van der Waals surface area contributed by atoms with Gasteiger partial charge in [0.2, 0.25) is 5.91 Å². The van der Waals surface area contributed by atoms with Gasteiger partial charge >= 0.3 is 0 Å². The van der Waals surface area contributed by atoms with Crippen LogP contribution in [0.25, 0.3) is 0 Å². The van der Waals surface area contributed by atoms with Crippen molar-refractivity contribution in [2.75, 3.05) is 13.2 Å². The van der Waals surface area contributed by atoms with E-state index in [1.807, 2.05) is 20.8 Å². The van der Waals surface area contributed by atoms with Crippen LogP contribution in [-0.2, 0) is 9.53 Å². The molecule has 0 bridgehead atoms. The molecule has 2 fully saturated rings. The zero-order valence-corrected chi connectivity index (χ0v) is 14.6. The molecule has 2 saturated carbocycles. The monoisotopic (exact) mass is 310 g/mol. The standard InChI is InChI=1S/C18H34N2O2/c1-4-22-15-13-18(19,17(15,2)3)16(21)20-12-8-7-11-14-9-5-6-10-14/h14-15H,4-13,19H2,1-3H3,(H,20,21). The number of nitrogens with two attached hydrogens (primary N) is 1. The lowest BCUT2D eigenvalue weighted by molar-refractivity contribution is -0.170. The van der Waals surface area contributed by atoms with Crippen LogP contribution in [0, 0.1) is 11.3 Å². The van der Waals surface area contributed by atoms with Crippen LogP contribution in [0.4, 0.5) is 0 Å². The fourth-order valence-corrected chi connectivity index (χ4v) is 4.04. The molecule has 128 valence electrons. The van der Waals surface area contributed by atoms with Gasteiger partial charge in [0.15, 0.2) is 0 Å². The third-order valence-corrected chi connectivity index (χ3v) is 6.03. The van der Waals surface area contributed by atoms with Crippen LogP contribution in [0.3, 0.4) is 0 Å². The molecular weight excluding hydrogens is 276 g/mol. The number of hydrogen-bond donors (Lipinski definition) is 2. The second-order valence-corrected chi connectivity index (χ2v) is 7.74. The Morgan fingerprint density at radius 1 is 1.27 bits per heavy atom. The van der Waals surface area contributed by atoms with Gasteiger partial charge in [-0.1, -0.05) is 52.4 Å². The lowest BCUT2D eigenvalue weighted by Gasteiger charge is -2.57. The fourth-order valence-electron chi connectivity index (χ4n) is 4.04. The minimum Gasteiger partial charge on any atom is -0.378 e. The van der Waals surface area contributed by atoms with Gasteiger partial charge in [0.05, 0.1) is 6.10 Å². The lowest BCUT2D eigenvalue weighted by Crippen LogP contribution is -2.75. The van der Waals surface area contributed by atoms with E-state index in [9.17, 15) is 4.79 Å². The molecule has 4 nitrogen and oxygen atoms in total. The average molecular weight is 310 g/mol. The zero-order valence-electron chi connectivity index (χ0n) is 14.6. The van der Waals surface area contributed by atoms with Crippen molar-refractivity contribution >= 4 is 5.91 Å². The Hall–Kier alpha value is -0.610. The van der Waals surface area contributed by atoms with Gasteiger partial charge in [-0.15, -0.1) is 0 Å². The van der Waals surface area contributed by atoms with Gasteiger partial charge in [0.25, 0.3) is 0 Å². The molecule has 0 aromatic rings. The van der Waals surface area contributed by atoms with Crippen molar-refractivity contribution in [3.8, 4) is 0 Å². The Morgan fingerprint density at radius 2 is 1.95 bits per heavy atom. The smallest absolute Gasteiger partial charge is 0.240 e. The predicted molar refractivity (Wildman–Crippen MR) is 89.5 cm³/mol. The molecule has 3 N–H and O–H groups in total. The Kier molecular flexibility index (Phi) is 5.89. The van der Waals surface area contributed by atoms with Gasteiger partial charge in [0.1, 0.15) is 5.54 Å². The van der Waals surface area contributed by atoms with Gasteiger partial charge in [-0.25, -0.2) is 0 Å². The summed E-state index contributed by atoms with van der Waals surface area (Å²) in [6.45, 7) is 7.48. The molecule has 2 aliphatic carbocycles. The SMILES string of the molecule is CCOC1CC(N)(C(=O)NCCCCC2CCCC2)C1(C)C. The summed E-state index contributed by atoms with van der Waals surface area (Å²) in [6.07, 6.45) is 9.96. The van der Waals surface area contributed by atoms with Crippen molar-refractivity contribution in [3.63, 3.8) is 0 Å². The van der Waals surface area contributed by atoms with E-state index in [-0.39, 0.29) is 17.4 Å². The molecule has 2 rings (SSSR count). The predicted octanol–water partition coefficient (Wildman–Crippen LogP) is 3.00. The first-order valence-electron chi connectivity index (χ1n) is 9.10. The fraction of sp³-hybridized carbons (Fsp3) is 0.944. The molecule has 2 aliphatic rings. The van der Waals surface area contributed by atoms with Crippen molar-refractivity contribution in [2.24, 2.45) is 17.1 Å². The zero-order chi connectivity index (χ0) is 16.2. The Bertz CT molecular complexity index is 377. The largest absolute Gasteiger partial charge is 0.378 e. The quantitative estimate of drug-likeness (QED) is 0.677. The van der Waals surface area contributed by atoms with E-state index in [1.54, 1.807) is 0 Å². The molecule has 0 aromatic heterocycles. The van der Waals surface area contributed by atoms with Crippen molar-refractivity contribution < 1.29 is 9.53 Å². The molecule has 1 amide bonds. The van der Waals surface area contributed by atoms with E-state index in [0.29, 0.717) is 13.0 Å². The maximum Gasteiger partial charge on any atom is 0.240 e. The highest BCUT2D eigenvalue weighted by molar-refractivity contribution is 5.88. The number of carbonyl (C=O) groups is 1. The molecule has 22 heavy (non-hydrogen) atoms. The number of hydrogen-bond acceptors (Lipinski definition) is 3. The van der Waals surface area contributed by atoms with Crippen molar-refractivity contribution in [2.45, 2.75) is 83.8 Å². The molecule has 2 unspecified atom stereocenters. The van der Waals surface area contributed by atoms with Crippen LogP contribution >= 0.6 is 0 Å². The van der Waals surface area contributed by atoms with E-state index in [4.69, 9.17) is 10.5 Å². The number of nitrogens with one attached hydrogen (secondary N) is 1. The van der Waals surface area contributed by atoms with Crippen LogP contribution < -0.4 is 11.1 Å². The van der Waals surface area contributed by atoms with Gasteiger partial charge in [-0.2, -0.15) is 0 Å². The molecule has 0 heterocycles. The Morgan fingerprint density at radius 3 is 2.55 bits per heavy atom. The molecule has 4 heteroatoms. The summed E-state index contributed by atoms with van der Waals surface area (Å²) >= 11 is 0. The summed E-state index contributed by atoms with van der Waals surface area (Å²) in [7, 11) is 0. The van der Waals surface area contributed by atoms with E-state index < -0.39 is 5.54 Å². The van der Waals surface area contributed by atoms with Crippen LogP contribution in [0.2, 0.25) is 0 Å². The third kappa shape index (κ3) is 3.48. The van der Waals surface area contributed by atoms with Crippen LogP contribution in [0.5, 0.6) is 0 Å². The Labute approximate surface area is 135 Å². The van der Waals surface area contributed by atoms with Crippen molar-refractivity contribution in [1.82, 2.24) is 5.32 Å². The first kappa shape index (κ1) is 17.7. The maximum absolute atomic E-state index is 12.4. The van der Waals surface area contributed by atoms with Crippen molar-refractivity contribution in [1.29, 1.82) is 0 Å². The number of rotatable bonds is 8. The maximum atomic E-state index is 12.4.